The van der Waals surface area contributed by atoms with Crippen LogP contribution in [0.4, 0.5) is 5.69 Å². The van der Waals surface area contributed by atoms with E-state index in [0.717, 1.165) is 5.56 Å². The van der Waals surface area contributed by atoms with E-state index in [0.29, 0.717) is 11.4 Å². The van der Waals surface area contributed by atoms with Crippen molar-refractivity contribution in [2.24, 2.45) is 5.92 Å². The smallest absolute Gasteiger partial charge is 0.318 e. The summed E-state index contributed by atoms with van der Waals surface area (Å²) < 4.78 is 10.2. The average Bonchev–Trinajstić information content (AvgIpc) is 2.60. The fourth-order valence-electron chi connectivity index (χ4n) is 2.31. The summed E-state index contributed by atoms with van der Waals surface area (Å²) >= 11 is 0. The molecule has 1 amide bonds. The number of methoxy groups -OCH3 is 1. The van der Waals surface area contributed by atoms with Crippen LogP contribution < -0.4 is 10.1 Å². The number of hydrogen-bond donors (Lipinski definition) is 1. The molecule has 0 radical (unpaired) electrons. The number of anilines is 1. The van der Waals surface area contributed by atoms with Crippen LogP contribution >= 0.6 is 0 Å². The summed E-state index contributed by atoms with van der Waals surface area (Å²) in [7, 11) is 1.55. The van der Waals surface area contributed by atoms with Gasteiger partial charge in [-0.15, -0.1) is 0 Å². The maximum Gasteiger partial charge on any atom is 0.318 e. The molecule has 24 heavy (non-hydrogen) atoms. The molecule has 0 aromatic heterocycles. The lowest BCUT2D eigenvalue weighted by molar-refractivity contribution is -0.150. The first-order valence-electron chi connectivity index (χ1n) is 7.79. The van der Waals surface area contributed by atoms with E-state index in [4.69, 9.17) is 9.47 Å². The highest BCUT2D eigenvalue weighted by Crippen LogP contribution is 2.19. The molecule has 2 aromatic rings. The van der Waals surface area contributed by atoms with E-state index < -0.39 is 17.8 Å². The average molecular weight is 327 g/mol. The Labute approximate surface area is 141 Å². The number of nitrogens with one attached hydrogen (secondary N) is 1. The summed E-state index contributed by atoms with van der Waals surface area (Å²) in [6.07, 6.45) is 0.287. The number of carbonyl (C=O) groups is 2. The van der Waals surface area contributed by atoms with Gasteiger partial charge in [0.15, 0.2) is 0 Å². The monoisotopic (exact) mass is 327 g/mol. The first kappa shape index (κ1) is 17.5. The van der Waals surface area contributed by atoms with E-state index in [9.17, 15) is 9.59 Å². The van der Waals surface area contributed by atoms with Gasteiger partial charge >= 0.3 is 5.97 Å². The van der Waals surface area contributed by atoms with Gasteiger partial charge in [-0.25, -0.2) is 0 Å². The summed E-state index contributed by atoms with van der Waals surface area (Å²) in [5, 5.41) is 2.76. The molecule has 2 aromatic carbocycles. The highest BCUT2D eigenvalue weighted by molar-refractivity contribution is 6.05. The Bertz CT molecular complexity index is 685. The Hall–Kier alpha value is -2.82. The van der Waals surface area contributed by atoms with Crippen molar-refractivity contribution in [3.63, 3.8) is 0 Å². The fraction of sp³-hybridized carbons (Fsp3) is 0.263. The SMILES string of the molecule is CCOC(=O)[C@H](Cc1ccccc1)C(=O)Nc1cccc(OC)c1. The zero-order valence-corrected chi connectivity index (χ0v) is 13.8. The van der Waals surface area contributed by atoms with Crippen LogP contribution in [0.5, 0.6) is 5.75 Å². The number of rotatable bonds is 7. The molecule has 0 bridgehead atoms. The van der Waals surface area contributed by atoms with Gasteiger partial charge in [-0.3, -0.25) is 9.59 Å². The largest absolute Gasteiger partial charge is 0.497 e. The number of benzene rings is 2. The van der Waals surface area contributed by atoms with E-state index in [-0.39, 0.29) is 13.0 Å². The molecule has 1 atom stereocenters. The van der Waals surface area contributed by atoms with Crippen molar-refractivity contribution in [2.45, 2.75) is 13.3 Å². The molecule has 0 unspecified atom stereocenters. The Morgan fingerprint density at radius 1 is 1.08 bits per heavy atom. The molecular formula is C19H21NO4. The number of amides is 1. The van der Waals surface area contributed by atoms with Crippen LogP contribution in [-0.4, -0.2) is 25.6 Å². The van der Waals surface area contributed by atoms with Gasteiger partial charge in [-0.05, 0) is 31.0 Å². The van der Waals surface area contributed by atoms with E-state index in [1.165, 1.54) is 0 Å². The molecule has 0 heterocycles. The van der Waals surface area contributed by atoms with Crippen LogP contribution in [0, 0.1) is 5.92 Å². The normalized spacial score (nSPS) is 11.4. The van der Waals surface area contributed by atoms with Crippen molar-refractivity contribution in [3.05, 3.63) is 60.2 Å². The number of carbonyl (C=O) groups excluding carboxylic acids is 2. The van der Waals surface area contributed by atoms with Gasteiger partial charge in [0.05, 0.1) is 13.7 Å². The predicted octanol–water partition coefficient (Wildman–Crippen LogP) is 3.06. The van der Waals surface area contributed by atoms with Gasteiger partial charge in [0, 0.05) is 11.8 Å². The van der Waals surface area contributed by atoms with Crippen molar-refractivity contribution in [3.8, 4) is 5.75 Å². The molecular weight excluding hydrogens is 306 g/mol. The molecule has 0 aliphatic carbocycles. The molecule has 126 valence electrons. The van der Waals surface area contributed by atoms with Gasteiger partial charge in [-0.2, -0.15) is 0 Å². The summed E-state index contributed by atoms with van der Waals surface area (Å²) in [5.41, 5.74) is 1.47. The van der Waals surface area contributed by atoms with Crippen molar-refractivity contribution >= 4 is 17.6 Å². The minimum absolute atomic E-state index is 0.233. The molecule has 0 aliphatic heterocycles. The Kier molecular flexibility index (Phi) is 6.37. The summed E-state index contributed by atoms with van der Waals surface area (Å²) in [6.45, 7) is 1.95. The Morgan fingerprint density at radius 2 is 1.83 bits per heavy atom. The molecule has 5 nitrogen and oxygen atoms in total. The molecule has 1 N–H and O–H groups in total. The van der Waals surface area contributed by atoms with Crippen molar-refractivity contribution in [1.29, 1.82) is 0 Å². The summed E-state index contributed by atoms with van der Waals surface area (Å²) in [6, 6.07) is 16.4. The topological polar surface area (TPSA) is 64.6 Å². The second kappa shape index (κ2) is 8.72. The predicted molar refractivity (Wildman–Crippen MR) is 91.9 cm³/mol. The first-order valence-corrected chi connectivity index (χ1v) is 7.79. The van der Waals surface area contributed by atoms with Crippen LogP contribution in [0.25, 0.3) is 0 Å². The van der Waals surface area contributed by atoms with Gasteiger partial charge in [0.2, 0.25) is 5.91 Å². The second-order valence-electron chi connectivity index (χ2n) is 5.22. The standard InChI is InChI=1S/C19H21NO4/c1-3-24-19(22)17(12-14-8-5-4-6-9-14)18(21)20-15-10-7-11-16(13-15)23-2/h4-11,13,17H,3,12H2,1-2H3,(H,20,21)/t17-/m1/s1. The lowest BCUT2D eigenvalue weighted by Gasteiger charge is -2.16. The lowest BCUT2D eigenvalue weighted by Crippen LogP contribution is -2.33. The number of ether oxygens (including phenoxy) is 2. The molecule has 0 saturated carbocycles. The minimum Gasteiger partial charge on any atom is -0.497 e. The highest BCUT2D eigenvalue weighted by Gasteiger charge is 2.28. The quantitative estimate of drug-likeness (QED) is 0.627. The Morgan fingerprint density at radius 3 is 2.50 bits per heavy atom. The minimum atomic E-state index is -0.904. The van der Waals surface area contributed by atoms with Gasteiger partial charge in [-0.1, -0.05) is 36.4 Å². The summed E-state index contributed by atoms with van der Waals surface area (Å²) in [5.74, 6) is -1.20. The number of hydrogen-bond acceptors (Lipinski definition) is 4. The molecule has 2 rings (SSSR count). The third-order valence-corrected chi connectivity index (χ3v) is 3.51. The van der Waals surface area contributed by atoms with Crippen molar-refractivity contribution in [2.75, 3.05) is 19.0 Å². The lowest BCUT2D eigenvalue weighted by atomic mass is 9.98. The van der Waals surface area contributed by atoms with Crippen molar-refractivity contribution < 1.29 is 19.1 Å². The maximum absolute atomic E-state index is 12.6. The van der Waals surface area contributed by atoms with Gasteiger partial charge < -0.3 is 14.8 Å². The summed E-state index contributed by atoms with van der Waals surface area (Å²) in [4.78, 5) is 24.8. The highest BCUT2D eigenvalue weighted by atomic mass is 16.5. The fourth-order valence-corrected chi connectivity index (χ4v) is 2.31. The zero-order chi connectivity index (χ0) is 17.4. The van der Waals surface area contributed by atoms with Gasteiger partial charge in [0.1, 0.15) is 11.7 Å². The third-order valence-electron chi connectivity index (χ3n) is 3.51. The molecule has 5 heteroatoms. The molecule has 0 spiro atoms. The van der Waals surface area contributed by atoms with Gasteiger partial charge in [0.25, 0.3) is 0 Å². The van der Waals surface area contributed by atoms with Crippen LogP contribution in [0.15, 0.2) is 54.6 Å². The second-order valence-corrected chi connectivity index (χ2v) is 5.22. The maximum atomic E-state index is 12.6. The molecule has 0 fully saturated rings. The van der Waals surface area contributed by atoms with E-state index in [1.54, 1.807) is 38.3 Å². The van der Waals surface area contributed by atoms with E-state index in [1.807, 2.05) is 30.3 Å². The van der Waals surface area contributed by atoms with Crippen LogP contribution in [-0.2, 0) is 20.7 Å². The van der Waals surface area contributed by atoms with E-state index in [2.05, 4.69) is 5.32 Å². The van der Waals surface area contributed by atoms with Crippen molar-refractivity contribution in [1.82, 2.24) is 0 Å². The molecule has 0 saturated heterocycles. The van der Waals surface area contributed by atoms with E-state index >= 15 is 0 Å². The Balaban J connectivity index is 2.15. The first-order chi connectivity index (χ1) is 11.6. The van der Waals surface area contributed by atoms with Crippen LogP contribution in [0.3, 0.4) is 0 Å². The van der Waals surface area contributed by atoms with Crippen LogP contribution in [0.2, 0.25) is 0 Å². The van der Waals surface area contributed by atoms with Crippen LogP contribution in [0.1, 0.15) is 12.5 Å². The third kappa shape index (κ3) is 4.84. The zero-order valence-electron chi connectivity index (χ0n) is 13.8. The number of esters is 1. The molecule has 0 aliphatic rings.